The van der Waals surface area contributed by atoms with Gasteiger partial charge in [0.1, 0.15) is 0 Å². The first-order valence-electron chi connectivity index (χ1n) is 17.5. The summed E-state index contributed by atoms with van der Waals surface area (Å²) in [7, 11) is 0. The number of benzene rings is 7. The van der Waals surface area contributed by atoms with Gasteiger partial charge in [0.25, 0.3) is 0 Å². The van der Waals surface area contributed by atoms with Gasteiger partial charge in [0, 0.05) is 47.6 Å². The van der Waals surface area contributed by atoms with Crippen LogP contribution in [0.2, 0.25) is 0 Å². The number of aromatic nitrogens is 4. The molecule has 10 aromatic rings. The maximum atomic E-state index is 5.24. The highest BCUT2D eigenvalue weighted by Crippen LogP contribution is 2.41. The lowest BCUT2D eigenvalue weighted by Gasteiger charge is -2.16. The van der Waals surface area contributed by atoms with E-state index in [4.69, 9.17) is 15.0 Å². The highest BCUT2D eigenvalue weighted by atomic mass is 32.1. The fourth-order valence-corrected chi connectivity index (χ4v) is 8.58. The molecule has 0 spiro atoms. The maximum absolute atomic E-state index is 5.24. The van der Waals surface area contributed by atoms with Crippen molar-refractivity contribution in [3.63, 3.8) is 0 Å². The van der Waals surface area contributed by atoms with Gasteiger partial charge in [-0.2, -0.15) is 0 Å². The molecule has 10 rings (SSSR count). The number of aryl methyl sites for hydroxylation is 2. The number of hydrogen-bond donors (Lipinski definition) is 0. The van der Waals surface area contributed by atoms with Crippen LogP contribution < -0.4 is 0 Å². The highest BCUT2D eigenvalue weighted by Gasteiger charge is 2.21. The zero-order chi connectivity index (χ0) is 34.8. The van der Waals surface area contributed by atoms with Crippen LogP contribution in [0.1, 0.15) is 11.1 Å². The van der Waals surface area contributed by atoms with Crippen molar-refractivity contribution < 1.29 is 0 Å². The highest BCUT2D eigenvalue weighted by molar-refractivity contribution is 7.25. The summed E-state index contributed by atoms with van der Waals surface area (Å²) in [5.74, 6) is 1.91. The van der Waals surface area contributed by atoms with Crippen molar-refractivity contribution in [1.82, 2.24) is 19.5 Å². The van der Waals surface area contributed by atoms with Gasteiger partial charge in [-0.15, -0.1) is 11.3 Å². The van der Waals surface area contributed by atoms with Crippen molar-refractivity contribution in [1.29, 1.82) is 0 Å². The van der Waals surface area contributed by atoms with Crippen LogP contribution in [0, 0.1) is 13.8 Å². The molecule has 0 saturated carbocycles. The van der Waals surface area contributed by atoms with Gasteiger partial charge in [-0.05, 0) is 73.5 Å². The molecule has 0 bridgehead atoms. The average Bonchev–Trinajstić information content (AvgIpc) is 3.72. The molecule has 0 aliphatic rings. The first-order chi connectivity index (χ1) is 25.6. The number of thiophene rings is 1. The Balaban J connectivity index is 1.27. The molecule has 0 amide bonds. The van der Waals surface area contributed by atoms with E-state index in [0.29, 0.717) is 17.5 Å². The Bertz CT molecular complexity index is 2860. The quantitative estimate of drug-likeness (QED) is 0.181. The van der Waals surface area contributed by atoms with Gasteiger partial charge in [-0.25, -0.2) is 15.0 Å². The number of hydrogen-bond acceptors (Lipinski definition) is 4. The van der Waals surface area contributed by atoms with Crippen molar-refractivity contribution in [2.24, 2.45) is 0 Å². The molecule has 0 atom stereocenters. The van der Waals surface area contributed by atoms with E-state index in [1.807, 2.05) is 47.7 Å². The Morgan fingerprint density at radius 1 is 0.404 bits per heavy atom. The third-order valence-electron chi connectivity index (χ3n) is 9.97. The average molecular weight is 685 g/mol. The Morgan fingerprint density at radius 3 is 1.60 bits per heavy atom. The standard InChI is InChI=1S/C47H32N4S/c1-29-17-22-40-37(25-29)38-26-30(2)18-23-41(38)51(40)42-24-20-33(34-19-21-36-35-15-9-10-16-43(35)52-44(36)28-34)27-39(42)47-49-45(31-11-5-3-6-12-31)48-46(50-47)32-13-7-4-8-14-32/h3-28H,1-2H3. The summed E-state index contributed by atoms with van der Waals surface area (Å²) in [6.45, 7) is 4.32. The zero-order valence-corrected chi connectivity index (χ0v) is 29.5. The topological polar surface area (TPSA) is 43.6 Å². The largest absolute Gasteiger partial charge is 0.309 e. The summed E-state index contributed by atoms with van der Waals surface area (Å²) in [5.41, 5.74) is 10.9. The van der Waals surface area contributed by atoms with Crippen molar-refractivity contribution in [2.75, 3.05) is 0 Å². The summed E-state index contributed by atoms with van der Waals surface area (Å²) in [4.78, 5) is 15.5. The van der Waals surface area contributed by atoms with E-state index < -0.39 is 0 Å². The van der Waals surface area contributed by atoms with E-state index >= 15 is 0 Å². The minimum Gasteiger partial charge on any atom is -0.309 e. The fourth-order valence-electron chi connectivity index (χ4n) is 7.43. The molecule has 0 aliphatic carbocycles. The molecule has 246 valence electrons. The minimum atomic E-state index is 0.627. The van der Waals surface area contributed by atoms with Gasteiger partial charge >= 0.3 is 0 Å². The van der Waals surface area contributed by atoms with Crippen molar-refractivity contribution in [3.8, 4) is 51.0 Å². The summed E-state index contributed by atoms with van der Waals surface area (Å²) >= 11 is 1.84. The predicted molar refractivity (Wildman–Crippen MR) is 218 cm³/mol. The van der Waals surface area contributed by atoms with E-state index in [-0.39, 0.29) is 0 Å². The molecular weight excluding hydrogens is 653 g/mol. The normalized spacial score (nSPS) is 11.7. The Hall–Kier alpha value is -6.43. The fraction of sp³-hybridized carbons (Fsp3) is 0.0426. The van der Waals surface area contributed by atoms with Crippen molar-refractivity contribution >= 4 is 53.3 Å². The van der Waals surface area contributed by atoms with Gasteiger partial charge in [0.15, 0.2) is 17.5 Å². The maximum Gasteiger partial charge on any atom is 0.166 e. The van der Waals surface area contributed by atoms with Crippen LogP contribution in [-0.2, 0) is 0 Å². The van der Waals surface area contributed by atoms with Crippen LogP contribution in [0.3, 0.4) is 0 Å². The first-order valence-corrected chi connectivity index (χ1v) is 18.3. The molecule has 0 radical (unpaired) electrons. The Morgan fingerprint density at radius 2 is 0.942 bits per heavy atom. The summed E-state index contributed by atoms with van der Waals surface area (Å²) < 4.78 is 4.95. The van der Waals surface area contributed by atoms with Crippen LogP contribution in [0.5, 0.6) is 0 Å². The second-order valence-electron chi connectivity index (χ2n) is 13.5. The van der Waals surface area contributed by atoms with E-state index in [1.54, 1.807) is 0 Å². The molecule has 4 nitrogen and oxygen atoms in total. The van der Waals surface area contributed by atoms with Gasteiger partial charge < -0.3 is 4.57 Å². The number of fused-ring (bicyclic) bond motifs is 6. The summed E-state index contributed by atoms with van der Waals surface area (Å²) in [6, 6.07) is 56.1. The van der Waals surface area contributed by atoms with Crippen LogP contribution in [-0.4, -0.2) is 19.5 Å². The van der Waals surface area contributed by atoms with Crippen LogP contribution >= 0.6 is 11.3 Å². The van der Waals surface area contributed by atoms with E-state index in [9.17, 15) is 0 Å². The lowest BCUT2D eigenvalue weighted by molar-refractivity contribution is 1.06. The molecule has 3 aromatic heterocycles. The van der Waals surface area contributed by atoms with Gasteiger partial charge in [0.05, 0.1) is 16.7 Å². The van der Waals surface area contributed by atoms with Crippen molar-refractivity contribution in [3.05, 3.63) is 169 Å². The molecule has 0 aliphatic heterocycles. The molecule has 7 aromatic carbocycles. The van der Waals surface area contributed by atoms with Crippen LogP contribution in [0.4, 0.5) is 0 Å². The Labute approximate surface area is 305 Å². The molecule has 0 fully saturated rings. The lowest BCUT2D eigenvalue weighted by atomic mass is 9.99. The molecule has 5 heteroatoms. The van der Waals surface area contributed by atoms with Gasteiger partial charge in [-0.3, -0.25) is 0 Å². The van der Waals surface area contributed by atoms with E-state index in [1.165, 1.54) is 42.1 Å². The smallest absolute Gasteiger partial charge is 0.166 e. The molecule has 0 saturated heterocycles. The third-order valence-corrected chi connectivity index (χ3v) is 11.1. The summed E-state index contributed by atoms with van der Waals surface area (Å²) in [5, 5.41) is 5.05. The van der Waals surface area contributed by atoms with E-state index in [0.717, 1.165) is 44.5 Å². The summed E-state index contributed by atoms with van der Waals surface area (Å²) in [6.07, 6.45) is 0. The molecular formula is C47H32N4S. The van der Waals surface area contributed by atoms with Gasteiger partial charge in [-0.1, -0.05) is 120 Å². The molecule has 52 heavy (non-hydrogen) atoms. The SMILES string of the molecule is Cc1ccc2c(c1)c1cc(C)ccc1n2-c1ccc(-c2ccc3c(c2)sc2ccccc23)cc1-c1nc(-c2ccccc2)nc(-c2ccccc2)n1. The Kier molecular flexibility index (Phi) is 7.08. The zero-order valence-electron chi connectivity index (χ0n) is 28.7. The van der Waals surface area contributed by atoms with Crippen LogP contribution in [0.25, 0.3) is 93.0 Å². The monoisotopic (exact) mass is 684 g/mol. The third kappa shape index (κ3) is 5.09. The number of nitrogens with zero attached hydrogens (tertiary/aromatic N) is 4. The van der Waals surface area contributed by atoms with Gasteiger partial charge in [0.2, 0.25) is 0 Å². The minimum absolute atomic E-state index is 0.627. The second-order valence-corrected chi connectivity index (χ2v) is 14.5. The first kappa shape index (κ1) is 30.4. The second kappa shape index (κ2) is 12.1. The van der Waals surface area contributed by atoms with E-state index in [2.05, 4.69) is 140 Å². The number of rotatable bonds is 5. The molecule has 0 unspecified atom stereocenters. The predicted octanol–water partition coefficient (Wildman–Crippen LogP) is 12.6. The van der Waals surface area contributed by atoms with Crippen molar-refractivity contribution in [2.45, 2.75) is 13.8 Å². The van der Waals surface area contributed by atoms with Crippen LogP contribution in [0.15, 0.2) is 158 Å². The molecule has 3 heterocycles. The molecule has 0 N–H and O–H groups in total. The lowest BCUT2D eigenvalue weighted by Crippen LogP contribution is -2.04.